The van der Waals surface area contributed by atoms with Crippen molar-refractivity contribution in [2.24, 2.45) is 0 Å². The highest BCUT2D eigenvalue weighted by Crippen LogP contribution is 2.38. The van der Waals surface area contributed by atoms with E-state index in [1.54, 1.807) is 12.1 Å². The number of methoxy groups -OCH3 is 2. The van der Waals surface area contributed by atoms with E-state index in [9.17, 15) is 14.4 Å². The molecule has 1 aromatic carbocycles. The summed E-state index contributed by atoms with van der Waals surface area (Å²) in [6, 6.07) is 3.13. The van der Waals surface area contributed by atoms with E-state index in [4.69, 9.17) is 14.6 Å². The number of carboxylic acids is 1. The van der Waals surface area contributed by atoms with Crippen LogP contribution in [-0.2, 0) is 4.79 Å². The van der Waals surface area contributed by atoms with E-state index in [1.165, 1.54) is 20.3 Å². The van der Waals surface area contributed by atoms with Gasteiger partial charge in [-0.05, 0) is 12.1 Å². The summed E-state index contributed by atoms with van der Waals surface area (Å²) >= 11 is 1.05. The van der Waals surface area contributed by atoms with Crippen LogP contribution in [0.25, 0.3) is 0 Å². The molecule has 116 valence electrons. The Balaban J connectivity index is 2.40. The Morgan fingerprint density at radius 1 is 1.14 bits per heavy atom. The normalized spacial score (nSPS) is 13.5. The summed E-state index contributed by atoms with van der Waals surface area (Å²) in [4.78, 5) is 35.6. The van der Waals surface area contributed by atoms with Crippen molar-refractivity contribution in [3.8, 4) is 11.5 Å². The van der Waals surface area contributed by atoms with Crippen LogP contribution in [0.3, 0.4) is 0 Å². The topological polar surface area (TPSA) is 89.9 Å². The Bertz CT molecular complexity index is 677. The molecule has 0 saturated heterocycles. The predicted molar refractivity (Wildman–Crippen MR) is 81.0 cm³/mol. The number of Topliss-reactive ketones (excluding diaryl/α,β-unsaturated/α-hetero) is 1. The van der Waals surface area contributed by atoms with Gasteiger partial charge in [0, 0.05) is 11.8 Å². The summed E-state index contributed by atoms with van der Waals surface area (Å²) in [6.07, 6.45) is 1.13. The fourth-order valence-electron chi connectivity index (χ4n) is 2.11. The zero-order valence-corrected chi connectivity index (χ0v) is 12.9. The number of aliphatic carboxylic acids is 1. The zero-order valence-electron chi connectivity index (χ0n) is 12.0. The molecule has 22 heavy (non-hydrogen) atoms. The Morgan fingerprint density at radius 2 is 1.73 bits per heavy atom. The van der Waals surface area contributed by atoms with Crippen molar-refractivity contribution < 1.29 is 29.0 Å². The first-order chi connectivity index (χ1) is 10.5. The van der Waals surface area contributed by atoms with Crippen LogP contribution in [0, 0.1) is 0 Å². The fraction of sp³-hybridized carbons (Fsp3) is 0.267. The molecule has 1 aliphatic rings. The number of benzene rings is 1. The van der Waals surface area contributed by atoms with Crippen molar-refractivity contribution in [1.29, 1.82) is 0 Å². The SMILES string of the molecule is COc1ccc(OC)c2c1C(=O)C=C(SCCC(=O)O)C2=O. The average molecular weight is 322 g/mol. The maximum absolute atomic E-state index is 12.6. The quantitative estimate of drug-likeness (QED) is 0.858. The third-order valence-corrected chi connectivity index (χ3v) is 4.12. The van der Waals surface area contributed by atoms with Gasteiger partial charge in [0.05, 0.1) is 36.7 Å². The molecular weight excluding hydrogens is 308 g/mol. The van der Waals surface area contributed by atoms with Gasteiger partial charge in [-0.15, -0.1) is 11.8 Å². The van der Waals surface area contributed by atoms with E-state index < -0.39 is 5.97 Å². The number of ketones is 2. The Hall–Kier alpha value is -2.28. The summed E-state index contributed by atoms with van der Waals surface area (Å²) in [6.45, 7) is 0. The van der Waals surface area contributed by atoms with Crippen LogP contribution in [0.2, 0.25) is 0 Å². The minimum Gasteiger partial charge on any atom is -0.496 e. The number of allylic oxidation sites excluding steroid dienone is 2. The first-order valence-corrected chi connectivity index (χ1v) is 7.38. The molecule has 1 N–H and O–H groups in total. The average Bonchev–Trinajstić information content (AvgIpc) is 2.50. The minimum absolute atomic E-state index is 0.0917. The second kappa shape index (κ2) is 6.65. The second-order valence-corrected chi connectivity index (χ2v) is 5.55. The lowest BCUT2D eigenvalue weighted by Crippen LogP contribution is -2.18. The number of rotatable bonds is 6. The van der Waals surface area contributed by atoms with Gasteiger partial charge in [0.2, 0.25) is 5.78 Å². The van der Waals surface area contributed by atoms with Crippen molar-refractivity contribution >= 4 is 29.3 Å². The summed E-state index contributed by atoms with van der Waals surface area (Å²) in [5.74, 6) is -0.869. The number of thioether (sulfide) groups is 1. The zero-order chi connectivity index (χ0) is 16.3. The van der Waals surface area contributed by atoms with Crippen molar-refractivity contribution in [2.45, 2.75) is 6.42 Å². The lowest BCUT2D eigenvalue weighted by Gasteiger charge is -2.19. The minimum atomic E-state index is -0.956. The number of carbonyl (C=O) groups excluding carboxylic acids is 2. The molecule has 0 bridgehead atoms. The molecular formula is C15H14O6S. The molecule has 0 fully saturated rings. The van der Waals surface area contributed by atoms with Crippen molar-refractivity contribution in [3.05, 3.63) is 34.2 Å². The Labute approximate surface area is 131 Å². The van der Waals surface area contributed by atoms with E-state index in [0.717, 1.165) is 11.8 Å². The molecule has 0 aliphatic heterocycles. The third-order valence-electron chi connectivity index (χ3n) is 3.10. The molecule has 0 saturated carbocycles. The van der Waals surface area contributed by atoms with Gasteiger partial charge in [-0.1, -0.05) is 0 Å². The highest BCUT2D eigenvalue weighted by molar-refractivity contribution is 8.04. The molecule has 0 unspecified atom stereocenters. The third kappa shape index (κ3) is 2.99. The molecule has 6 nitrogen and oxygen atoms in total. The first-order valence-electron chi connectivity index (χ1n) is 6.40. The Kier molecular flexibility index (Phi) is 4.87. The maximum atomic E-state index is 12.6. The van der Waals surface area contributed by atoms with Gasteiger partial charge in [0.15, 0.2) is 5.78 Å². The second-order valence-electron chi connectivity index (χ2n) is 4.41. The Morgan fingerprint density at radius 3 is 2.27 bits per heavy atom. The predicted octanol–water partition coefficient (Wildman–Crippen LogP) is 2.17. The summed E-state index contributed by atoms with van der Waals surface area (Å²) < 4.78 is 10.3. The highest BCUT2D eigenvalue weighted by atomic mass is 32.2. The molecule has 2 rings (SSSR count). The number of fused-ring (bicyclic) bond motifs is 1. The smallest absolute Gasteiger partial charge is 0.304 e. The molecule has 1 aliphatic carbocycles. The van der Waals surface area contributed by atoms with Crippen LogP contribution in [0.15, 0.2) is 23.1 Å². The van der Waals surface area contributed by atoms with Crippen LogP contribution in [0.4, 0.5) is 0 Å². The monoisotopic (exact) mass is 322 g/mol. The molecule has 0 heterocycles. The molecule has 0 aromatic heterocycles. The van der Waals surface area contributed by atoms with Crippen LogP contribution in [-0.4, -0.2) is 42.6 Å². The summed E-state index contributed by atoms with van der Waals surface area (Å²) in [7, 11) is 2.83. The van der Waals surface area contributed by atoms with Crippen LogP contribution >= 0.6 is 11.8 Å². The molecule has 7 heteroatoms. The van der Waals surface area contributed by atoms with Gasteiger partial charge in [0.25, 0.3) is 0 Å². The van der Waals surface area contributed by atoms with E-state index in [-0.39, 0.29) is 39.8 Å². The van der Waals surface area contributed by atoms with Gasteiger partial charge in [0.1, 0.15) is 11.5 Å². The maximum Gasteiger partial charge on any atom is 0.304 e. The van der Waals surface area contributed by atoms with Gasteiger partial charge in [-0.25, -0.2) is 0 Å². The van der Waals surface area contributed by atoms with Gasteiger partial charge in [-0.2, -0.15) is 0 Å². The van der Waals surface area contributed by atoms with Crippen LogP contribution in [0.1, 0.15) is 27.1 Å². The van der Waals surface area contributed by atoms with E-state index in [0.29, 0.717) is 11.5 Å². The van der Waals surface area contributed by atoms with Crippen LogP contribution < -0.4 is 9.47 Å². The van der Waals surface area contributed by atoms with Gasteiger partial charge < -0.3 is 14.6 Å². The number of carboxylic acid groups (broad SMARTS) is 1. The first kappa shape index (κ1) is 16.1. The van der Waals surface area contributed by atoms with Gasteiger partial charge >= 0.3 is 5.97 Å². The largest absolute Gasteiger partial charge is 0.496 e. The van der Waals surface area contributed by atoms with Crippen molar-refractivity contribution in [2.75, 3.05) is 20.0 Å². The summed E-state index contributed by atoms with van der Waals surface area (Å²) in [5.41, 5.74) is 0.335. The molecule has 0 atom stereocenters. The van der Waals surface area contributed by atoms with E-state index in [1.807, 2.05) is 0 Å². The standard InChI is InChI=1S/C15H14O6S/c1-20-9-3-4-10(21-2)14-13(9)8(16)7-11(15(14)19)22-6-5-12(17)18/h3-4,7H,5-6H2,1-2H3,(H,17,18). The summed E-state index contributed by atoms with van der Waals surface area (Å²) in [5, 5.41) is 8.65. The number of carbonyl (C=O) groups is 3. The van der Waals surface area contributed by atoms with Crippen LogP contribution in [0.5, 0.6) is 11.5 Å². The highest BCUT2D eigenvalue weighted by Gasteiger charge is 2.32. The lowest BCUT2D eigenvalue weighted by atomic mass is 9.93. The number of hydrogen-bond donors (Lipinski definition) is 1. The van der Waals surface area contributed by atoms with Crippen molar-refractivity contribution in [3.63, 3.8) is 0 Å². The molecule has 1 aromatic rings. The fourth-order valence-corrected chi connectivity index (χ4v) is 3.03. The van der Waals surface area contributed by atoms with Gasteiger partial charge in [-0.3, -0.25) is 14.4 Å². The van der Waals surface area contributed by atoms with E-state index >= 15 is 0 Å². The molecule has 0 spiro atoms. The molecule has 0 amide bonds. The van der Waals surface area contributed by atoms with Crippen molar-refractivity contribution in [1.82, 2.24) is 0 Å². The lowest BCUT2D eigenvalue weighted by molar-refractivity contribution is -0.136. The number of ether oxygens (including phenoxy) is 2. The molecule has 0 radical (unpaired) electrons. The van der Waals surface area contributed by atoms with E-state index in [2.05, 4.69) is 0 Å². The number of hydrogen-bond acceptors (Lipinski definition) is 6.